The zero-order valence-electron chi connectivity index (χ0n) is 10.1. The molecule has 0 aromatic carbocycles. The summed E-state index contributed by atoms with van der Waals surface area (Å²) in [5.41, 5.74) is 8.65. The molecule has 1 aliphatic rings. The summed E-state index contributed by atoms with van der Waals surface area (Å²) in [6.45, 7) is 0.0824. The third kappa shape index (κ3) is 2.76. The molecule has 98 valence electrons. The zero-order chi connectivity index (χ0) is 13.0. The molecule has 0 bridgehead atoms. The molecule has 0 saturated heterocycles. The summed E-state index contributed by atoms with van der Waals surface area (Å²) >= 11 is 1.43. The number of fused-ring (bicyclic) bond motifs is 1. The minimum absolute atomic E-state index is 0.0799. The molecule has 0 atom stereocenters. The Morgan fingerprint density at radius 3 is 2.94 bits per heavy atom. The number of nitrogens with zero attached hydrogens (tertiary/aromatic N) is 2. The first-order valence-corrected chi connectivity index (χ1v) is 6.99. The number of aromatic nitrogens is 1. The van der Waals surface area contributed by atoms with Gasteiger partial charge < -0.3 is 16.0 Å². The predicted molar refractivity (Wildman–Crippen MR) is 71.2 cm³/mol. The molecule has 0 aliphatic heterocycles. The van der Waals surface area contributed by atoms with Crippen molar-refractivity contribution in [2.75, 3.05) is 12.4 Å². The molecule has 0 radical (unpaired) electrons. The molecule has 0 spiro atoms. The standard InChI is InChI=1S/C12H17N3O2S/c13-11(15-17)9-7-8-3-1-2-4-10(8)14-12(9)18-6-5-16/h7,16-17H,1-6H2,(H2,13,15). The number of aliphatic hydroxyl groups excluding tert-OH is 1. The summed E-state index contributed by atoms with van der Waals surface area (Å²) in [5.74, 6) is 0.633. The van der Waals surface area contributed by atoms with E-state index in [1.54, 1.807) is 0 Å². The van der Waals surface area contributed by atoms with Crippen LogP contribution in [0.15, 0.2) is 16.2 Å². The summed E-state index contributed by atoms with van der Waals surface area (Å²) in [5, 5.41) is 21.5. The number of pyridine rings is 1. The fourth-order valence-electron chi connectivity index (χ4n) is 2.10. The van der Waals surface area contributed by atoms with Crippen molar-refractivity contribution < 1.29 is 10.3 Å². The van der Waals surface area contributed by atoms with E-state index >= 15 is 0 Å². The van der Waals surface area contributed by atoms with Gasteiger partial charge in [0.1, 0.15) is 5.03 Å². The van der Waals surface area contributed by atoms with Crippen molar-refractivity contribution >= 4 is 17.6 Å². The van der Waals surface area contributed by atoms with Crippen LogP contribution in [0.3, 0.4) is 0 Å². The SMILES string of the molecule is NC(=NO)c1cc2c(nc1SCCO)CCCC2. The molecule has 0 saturated carbocycles. The van der Waals surface area contributed by atoms with Crippen molar-refractivity contribution in [2.24, 2.45) is 10.9 Å². The van der Waals surface area contributed by atoms with Gasteiger partial charge in [-0.2, -0.15) is 0 Å². The maximum absolute atomic E-state index is 8.89. The molecule has 1 aromatic heterocycles. The molecule has 1 heterocycles. The van der Waals surface area contributed by atoms with Gasteiger partial charge in [0.15, 0.2) is 5.84 Å². The Bertz CT molecular complexity index is 463. The van der Waals surface area contributed by atoms with Crippen LogP contribution in [0.25, 0.3) is 0 Å². The van der Waals surface area contributed by atoms with Crippen LogP contribution >= 0.6 is 11.8 Å². The van der Waals surface area contributed by atoms with Crippen molar-refractivity contribution in [3.63, 3.8) is 0 Å². The Morgan fingerprint density at radius 1 is 1.44 bits per heavy atom. The number of nitrogens with two attached hydrogens (primary N) is 1. The van der Waals surface area contributed by atoms with Gasteiger partial charge in [-0.25, -0.2) is 4.98 Å². The molecule has 1 aliphatic carbocycles. The maximum atomic E-state index is 8.89. The van der Waals surface area contributed by atoms with E-state index in [0.29, 0.717) is 11.3 Å². The van der Waals surface area contributed by atoms with Crippen molar-refractivity contribution in [1.82, 2.24) is 4.98 Å². The van der Waals surface area contributed by atoms with E-state index in [1.807, 2.05) is 6.07 Å². The highest BCUT2D eigenvalue weighted by molar-refractivity contribution is 7.99. The lowest BCUT2D eigenvalue weighted by Gasteiger charge is -2.18. The molecule has 0 unspecified atom stereocenters. The molecule has 0 amide bonds. The maximum Gasteiger partial charge on any atom is 0.172 e. The second kappa shape index (κ2) is 6.06. The largest absolute Gasteiger partial charge is 0.409 e. The van der Waals surface area contributed by atoms with Crippen LogP contribution < -0.4 is 5.73 Å². The van der Waals surface area contributed by atoms with Crippen LogP contribution in [0.2, 0.25) is 0 Å². The van der Waals surface area contributed by atoms with Crippen LogP contribution in [-0.2, 0) is 12.8 Å². The third-order valence-electron chi connectivity index (χ3n) is 2.98. The van der Waals surface area contributed by atoms with E-state index in [0.717, 1.165) is 36.4 Å². The summed E-state index contributed by atoms with van der Waals surface area (Å²) < 4.78 is 0. The number of oxime groups is 1. The van der Waals surface area contributed by atoms with Gasteiger partial charge in [-0.1, -0.05) is 5.16 Å². The van der Waals surface area contributed by atoms with E-state index < -0.39 is 0 Å². The normalized spacial score (nSPS) is 15.5. The summed E-state index contributed by atoms with van der Waals surface area (Å²) in [6, 6.07) is 1.97. The number of aryl methyl sites for hydroxylation is 2. The molecular formula is C12H17N3O2S. The van der Waals surface area contributed by atoms with Gasteiger partial charge in [-0.05, 0) is 37.3 Å². The van der Waals surface area contributed by atoms with Crippen LogP contribution in [0, 0.1) is 0 Å². The topological polar surface area (TPSA) is 91.7 Å². The quantitative estimate of drug-likeness (QED) is 0.250. The molecule has 1 aromatic rings. The first kappa shape index (κ1) is 13.2. The van der Waals surface area contributed by atoms with Crippen molar-refractivity contribution in [3.8, 4) is 0 Å². The highest BCUT2D eigenvalue weighted by Crippen LogP contribution is 2.27. The number of hydrogen-bond donors (Lipinski definition) is 3. The summed E-state index contributed by atoms with van der Waals surface area (Å²) in [7, 11) is 0. The number of hydrogen-bond acceptors (Lipinski definition) is 5. The highest BCUT2D eigenvalue weighted by atomic mass is 32.2. The number of aliphatic hydroxyl groups is 1. The average Bonchev–Trinajstić information content (AvgIpc) is 2.43. The Labute approximate surface area is 110 Å². The van der Waals surface area contributed by atoms with E-state index in [-0.39, 0.29) is 12.4 Å². The Balaban J connectivity index is 2.40. The zero-order valence-corrected chi connectivity index (χ0v) is 10.9. The van der Waals surface area contributed by atoms with E-state index in [2.05, 4.69) is 10.1 Å². The number of amidine groups is 1. The van der Waals surface area contributed by atoms with Crippen LogP contribution in [0.4, 0.5) is 0 Å². The van der Waals surface area contributed by atoms with Gasteiger partial charge >= 0.3 is 0 Å². The fraction of sp³-hybridized carbons (Fsp3) is 0.500. The lowest BCUT2D eigenvalue weighted by molar-refractivity contribution is 0.318. The molecule has 6 heteroatoms. The molecule has 2 rings (SSSR count). The van der Waals surface area contributed by atoms with Crippen molar-refractivity contribution in [3.05, 3.63) is 22.9 Å². The lowest BCUT2D eigenvalue weighted by Crippen LogP contribution is -2.18. The van der Waals surface area contributed by atoms with E-state index in [1.165, 1.54) is 17.3 Å². The minimum Gasteiger partial charge on any atom is -0.409 e. The second-order valence-electron chi connectivity index (χ2n) is 4.21. The van der Waals surface area contributed by atoms with Gasteiger partial charge in [0.25, 0.3) is 0 Å². The molecule has 4 N–H and O–H groups in total. The van der Waals surface area contributed by atoms with Crippen molar-refractivity contribution in [2.45, 2.75) is 30.7 Å². The van der Waals surface area contributed by atoms with Gasteiger partial charge in [0.05, 0.1) is 12.2 Å². The number of thioether (sulfide) groups is 1. The summed E-state index contributed by atoms with van der Waals surface area (Å²) in [4.78, 5) is 4.60. The first-order valence-electron chi connectivity index (χ1n) is 6.00. The Hall–Kier alpha value is -1.27. The van der Waals surface area contributed by atoms with Gasteiger partial charge in [0.2, 0.25) is 0 Å². The number of rotatable bonds is 4. The smallest absolute Gasteiger partial charge is 0.172 e. The van der Waals surface area contributed by atoms with Gasteiger partial charge in [-0.3, -0.25) is 0 Å². The van der Waals surface area contributed by atoms with Crippen LogP contribution in [0.5, 0.6) is 0 Å². The molecule has 18 heavy (non-hydrogen) atoms. The third-order valence-corrected chi connectivity index (χ3v) is 3.95. The van der Waals surface area contributed by atoms with Crippen LogP contribution in [-0.4, -0.2) is 33.5 Å². The van der Waals surface area contributed by atoms with Crippen molar-refractivity contribution in [1.29, 1.82) is 0 Å². The fourth-order valence-corrected chi connectivity index (χ4v) is 2.88. The summed E-state index contributed by atoms with van der Waals surface area (Å²) in [6.07, 6.45) is 4.30. The van der Waals surface area contributed by atoms with E-state index in [9.17, 15) is 0 Å². The van der Waals surface area contributed by atoms with Gasteiger partial charge in [-0.15, -0.1) is 11.8 Å². The van der Waals surface area contributed by atoms with Gasteiger partial charge in [0, 0.05) is 11.4 Å². The van der Waals surface area contributed by atoms with E-state index in [4.69, 9.17) is 16.0 Å². The Kier molecular flexibility index (Phi) is 4.43. The van der Waals surface area contributed by atoms with Crippen LogP contribution in [0.1, 0.15) is 29.7 Å². The molecular weight excluding hydrogens is 250 g/mol. The second-order valence-corrected chi connectivity index (χ2v) is 5.29. The Morgan fingerprint density at radius 2 is 2.22 bits per heavy atom. The predicted octanol–water partition coefficient (Wildman–Crippen LogP) is 1.14. The average molecular weight is 267 g/mol. The molecule has 0 fully saturated rings. The highest BCUT2D eigenvalue weighted by Gasteiger charge is 2.17. The molecule has 5 nitrogen and oxygen atoms in total. The monoisotopic (exact) mass is 267 g/mol. The first-order chi connectivity index (χ1) is 8.76. The lowest BCUT2D eigenvalue weighted by atomic mass is 9.95. The minimum atomic E-state index is 0.0799.